The molecule has 4 nitrogen and oxygen atoms in total. The minimum atomic E-state index is -0.0509. The molecular formula is C14H19N3O. The number of nitrogens with two attached hydrogens (primary N) is 1. The van der Waals surface area contributed by atoms with Crippen LogP contribution in [0.5, 0.6) is 0 Å². The van der Waals surface area contributed by atoms with Crippen LogP contribution in [0.3, 0.4) is 0 Å². The summed E-state index contributed by atoms with van der Waals surface area (Å²) in [7, 11) is 0. The molecule has 2 rings (SSSR count). The molecule has 0 spiro atoms. The van der Waals surface area contributed by atoms with Crippen LogP contribution in [0, 0.1) is 6.92 Å². The van der Waals surface area contributed by atoms with Gasteiger partial charge in [-0.05, 0) is 25.0 Å². The lowest BCUT2D eigenvalue weighted by Gasteiger charge is -2.04. The Kier molecular flexibility index (Phi) is 3.39. The number of nitrogens with zero attached hydrogens (tertiary/aromatic N) is 1. The van der Waals surface area contributed by atoms with Crippen molar-refractivity contribution < 1.29 is 0 Å². The highest BCUT2D eigenvalue weighted by atomic mass is 16.1. The summed E-state index contributed by atoms with van der Waals surface area (Å²) in [5.74, 6) is 0.253. The van der Waals surface area contributed by atoms with E-state index in [0.717, 1.165) is 11.4 Å². The van der Waals surface area contributed by atoms with Gasteiger partial charge in [-0.1, -0.05) is 31.5 Å². The molecule has 0 bridgehead atoms. The highest BCUT2D eigenvalue weighted by Gasteiger charge is 2.15. The van der Waals surface area contributed by atoms with Crippen LogP contribution < -0.4 is 11.3 Å². The zero-order valence-corrected chi connectivity index (χ0v) is 11.0. The van der Waals surface area contributed by atoms with Gasteiger partial charge in [0.2, 0.25) is 0 Å². The van der Waals surface area contributed by atoms with Gasteiger partial charge in [0.15, 0.2) is 0 Å². The van der Waals surface area contributed by atoms with Gasteiger partial charge in [-0.15, -0.1) is 0 Å². The number of aromatic nitrogens is 2. The molecule has 1 aromatic heterocycles. The molecule has 4 heteroatoms. The third kappa shape index (κ3) is 2.11. The van der Waals surface area contributed by atoms with E-state index < -0.39 is 0 Å². The monoisotopic (exact) mass is 245 g/mol. The Morgan fingerprint density at radius 3 is 2.33 bits per heavy atom. The van der Waals surface area contributed by atoms with Gasteiger partial charge in [0.1, 0.15) is 0 Å². The Balaban J connectivity index is 2.59. The van der Waals surface area contributed by atoms with Gasteiger partial charge >= 0.3 is 0 Å². The summed E-state index contributed by atoms with van der Waals surface area (Å²) >= 11 is 0. The van der Waals surface area contributed by atoms with Gasteiger partial charge in [-0.25, -0.2) is 4.68 Å². The molecule has 0 saturated carbocycles. The van der Waals surface area contributed by atoms with Crippen LogP contribution in [-0.2, 0) is 6.54 Å². The standard InChI is InChI=1S/C14H19N3O/c1-9(2)13-12(8-15)14(18)17(16-13)11-6-4-10(3)5-7-11/h4-7,9,16H,8,15H2,1-3H3. The summed E-state index contributed by atoms with van der Waals surface area (Å²) in [6.07, 6.45) is 0. The molecule has 0 unspecified atom stereocenters. The first kappa shape index (κ1) is 12.6. The van der Waals surface area contributed by atoms with E-state index in [1.54, 1.807) is 4.68 Å². The van der Waals surface area contributed by atoms with E-state index in [1.165, 1.54) is 5.56 Å². The van der Waals surface area contributed by atoms with Gasteiger partial charge in [0.05, 0.1) is 11.3 Å². The summed E-state index contributed by atoms with van der Waals surface area (Å²) in [6.45, 7) is 6.38. The number of benzene rings is 1. The number of aryl methyl sites for hydroxylation is 1. The first-order valence-electron chi connectivity index (χ1n) is 6.15. The van der Waals surface area contributed by atoms with Crippen LogP contribution in [0.4, 0.5) is 0 Å². The fourth-order valence-corrected chi connectivity index (χ4v) is 2.04. The molecule has 0 atom stereocenters. The van der Waals surface area contributed by atoms with Crippen molar-refractivity contribution in [2.24, 2.45) is 5.73 Å². The molecule has 2 aromatic rings. The topological polar surface area (TPSA) is 63.8 Å². The van der Waals surface area contributed by atoms with E-state index in [-0.39, 0.29) is 18.0 Å². The van der Waals surface area contributed by atoms with Gasteiger partial charge in [0.25, 0.3) is 5.56 Å². The highest BCUT2D eigenvalue weighted by molar-refractivity contribution is 5.35. The van der Waals surface area contributed by atoms with E-state index in [4.69, 9.17) is 5.73 Å². The maximum atomic E-state index is 12.3. The second kappa shape index (κ2) is 4.82. The Morgan fingerprint density at radius 2 is 1.89 bits per heavy atom. The Morgan fingerprint density at radius 1 is 1.28 bits per heavy atom. The molecule has 0 amide bonds. The maximum absolute atomic E-state index is 12.3. The summed E-state index contributed by atoms with van der Waals surface area (Å²) in [6, 6.07) is 7.83. The molecular weight excluding hydrogens is 226 g/mol. The second-order valence-electron chi connectivity index (χ2n) is 4.84. The molecule has 0 radical (unpaired) electrons. The Bertz CT molecular complexity index is 590. The van der Waals surface area contributed by atoms with Crippen LogP contribution in [0.2, 0.25) is 0 Å². The quantitative estimate of drug-likeness (QED) is 0.869. The van der Waals surface area contributed by atoms with Crippen molar-refractivity contribution in [1.29, 1.82) is 0 Å². The Labute approximate surface area is 106 Å². The number of rotatable bonds is 3. The van der Waals surface area contributed by atoms with Crippen LogP contribution in [-0.4, -0.2) is 9.78 Å². The predicted octanol–water partition coefficient (Wildman–Crippen LogP) is 2.06. The SMILES string of the molecule is Cc1ccc(-n2[nH]c(C(C)C)c(CN)c2=O)cc1. The van der Waals surface area contributed by atoms with Gasteiger partial charge in [0, 0.05) is 12.2 Å². The van der Waals surface area contributed by atoms with Gasteiger partial charge in [-0.3, -0.25) is 9.89 Å². The molecule has 18 heavy (non-hydrogen) atoms. The minimum absolute atomic E-state index is 0.0509. The van der Waals surface area contributed by atoms with Crippen molar-refractivity contribution in [2.45, 2.75) is 33.2 Å². The lowest BCUT2D eigenvalue weighted by Crippen LogP contribution is -2.19. The minimum Gasteiger partial charge on any atom is -0.326 e. The normalized spacial score (nSPS) is 11.2. The van der Waals surface area contributed by atoms with Crippen molar-refractivity contribution in [2.75, 3.05) is 0 Å². The molecule has 3 N–H and O–H groups in total. The average molecular weight is 245 g/mol. The number of H-pyrrole nitrogens is 1. The highest BCUT2D eigenvalue weighted by Crippen LogP contribution is 2.16. The van der Waals surface area contributed by atoms with E-state index in [0.29, 0.717) is 5.56 Å². The maximum Gasteiger partial charge on any atom is 0.275 e. The molecule has 1 heterocycles. The molecule has 0 saturated heterocycles. The van der Waals surface area contributed by atoms with Gasteiger partial charge < -0.3 is 5.73 Å². The van der Waals surface area contributed by atoms with Crippen LogP contribution in [0.25, 0.3) is 5.69 Å². The van der Waals surface area contributed by atoms with Crippen LogP contribution >= 0.6 is 0 Å². The Hall–Kier alpha value is -1.81. The lowest BCUT2D eigenvalue weighted by atomic mass is 10.1. The lowest BCUT2D eigenvalue weighted by molar-refractivity contribution is 0.756. The molecule has 96 valence electrons. The number of hydrogen-bond donors (Lipinski definition) is 2. The summed E-state index contributed by atoms with van der Waals surface area (Å²) in [5, 5.41) is 3.16. The molecule has 0 aliphatic rings. The van der Waals surface area contributed by atoms with Crippen molar-refractivity contribution in [1.82, 2.24) is 9.78 Å². The first-order chi connectivity index (χ1) is 8.54. The molecule has 1 aromatic carbocycles. The smallest absolute Gasteiger partial charge is 0.275 e. The molecule has 0 fully saturated rings. The number of nitrogens with one attached hydrogen (secondary N) is 1. The van der Waals surface area contributed by atoms with Crippen LogP contribution in [0.15, 0.2) is 29.1 Å². The third-order valence-electron chi connectivity index (χ3n) is 3.09. The van der Waals surface area contributed by atoms with Crippen LogP contribution in [0.1, 0.15) is 36.6 Å². The molecule has 0 aliphatic heterocycles. The number of aromatic amines is 1. The fourth-order valence-electron chi connectivity index (χ4n) is 2.04. The zero-order valence-electron chi connectivity index (χ0n) is 11.0. The van der Waals surface area contributed by atoms with Crippen molar-refractivity contribution in [3.05, 3.63) is 51.4 Å². The van der Waals surface area contributed by atoms with Crippen molar-refractivity contribution in [3.8, 4) is 5.69 Å². The summed E-state index contributed by atoms with van der Waals surface area (Å²) in [4.78, 5) is 12.3. The van der Waals surface area contributed by atoms with Crippen molar-refractivity contribution in [3.63, 3.8) is 0 Å². The average Bonchev–Trinajstić information content (AvgIpc) is 2.67. The van der Waals surface area contributed by atoms with E-state index in [1.807, 2.05) is 45.0 Å². The zero-order chi connectivity index (χ0) is 13.3. The third-order valence-corrected chi connectivity index (χ3v) is 3.09. The largest absolute Gasteiger partial charge is 0.326 e. The van der Waals surface area contributed by atoms with Gasteiger partial charge in [-0.2, -0.15) is 0 Å². The van der Waals surface area contributed by atoms with E-state index in [9.17, 15) is 4.79 Å². The van der Waals surface area contributed by atoms with E-state index in [2.05, 4.69) is 5.10 Å². The fraction of sp³-hybridized carbons (Fsp3) is 0.357. The van der Waals surface area contributed by atoms with Crippen molar-refractivity contribution >= 4 is 0 Å². The summed E-state index contributed by atoms with van der Waals surface area (Å²) < 4.78 is 1.57. The second-order valence-corrected chi connectivity index (χ2v) is 4.84. The first-order valence-corrected chi connectivity index (χ1v) is 6.15. The predicted molar refractivity (Wildman–Crippen MR) is 73.1 cm³/mol. The van der Waals surface area contributed by atoms with E-state index >= 15 is 0 Å². The summed E-state index contributed by atoms with van der Waals surface area (Å²) in [5.41, 5.74) is 9.22. The number of hydrogen-bond acceptors (Lipinski definition) is 2. The molecule has 0 aliphatic carbocycles.